The van der Waals surface area contributed by atoms with Crippen LogP contribution in [-0.4, -0.2) is 47.5 Å². The number of fused-ring (bicyclic) bond motifs is 1. The van der Waals surface area contributed by atoms with Gasteiger partial charge in [0.1, 0.15) is 5.76 Å². The highest BCUT2D eigenvalue weighted by atomic mass is 35.5. The number of carbonyl (C=O) groups is 1. The summed E-state index contributed by atoms with van der Waals surface area (Å²) in [7, 11) is 2.19. The lowest BCUT2D eigenvalue weighted by Crippen LogP contribution is -2.34. The van der Waals surface area contributed by atoms with Crippen LogP contribution < -0.4 is 0 Å². The van der Waals surface area contributed by atoms with Crippen molar-refractivity contribution in [3.63, 3.8) is 0 Å². The molecular weight excluding hydrogens is 338 g/mol. The Morgan fingerprint density at radius 1 is 1.24 bits per heavy atom. The van der Waals surface area contributed by atoms with E-state index >= 15 is 0 Å². The lowest BCUT2D eigenvalue weighted by Gasteiger charge is -2.26. The summed E-state index contributed by atoms with van der Waals surface area (Å²) in [4.78, 5) is 17.1. The highest BCUT2D eigenvalue weighted by Gasteiger charge is 2.47. The summed E-state index contributed by atoms with van der Waals surface area (Å²) in [6.07, 6.45) is 0.312. The molecule has 2 aliphatic heterocycles. The fourth-order valence-corrected chi connectivity index (χ4v) is 4.37. The molecule has 4 rings (SSSR count). The number of aryl methyl sites for hydroxylation is 1. The molecule has 2 fully saturated rings. The van der Waals surface area contributed by atoms with Crippen molar-refractivity contribution < 1.29 is 9.32 Å². The molecule has 0 N–H and O–H groups in total. The van der Waals surface area contributed by atoms with Crippen LogP contribution in [0.25, 0.3) is 0 Å². The molecule has 3 heterocycles. The molecule has 0 aliphatic carbocycles. The van der Waals surface area contributed by atoms with Gasteiger partial charge in [-0.05, 0) is 25.5 Å². The summed E-state index contributed by atoms with van der Waals surface area (Å²) in [5, 5.41) is 3.86. The molecule has 25 heavy (non-hydrogen) atoms. The molecule has 3 atom stereocenters. The molecule has 0 bridgehead atoms. The Morgan fingerprint density at radius 3 is 2.68 bits per heavy atom. The summed E-state index contributed by atoms with van der Waals surface area (Å²) in [5.41, 5.74) is 2.18. The number of benzene rings is 1. The second-order valence-corrected chi connectivity index (χ2v) is 7.13. The van der Waals surface area contributed by atoms with Gasteiger partial charge in [-0.25, -0.2) is 0 Å². The highest BCUT2D eigenvalue weighted by Crippen LogP contribution is 2.44. The maximum Gasteiger partial charge on any atom is 0.230 e. The van der Waals surface area contributed by atoms with Gasteiger partial charge in [0.25, 0.3) is 0 Å². The zero-order chi connectivity index (χ0) is 16.7. The van der Waals surface area contributed by atoms with E-state index in [1.807, 2.05) is 17.9 Å². The molecule has 2 aromatic rings. The molecule has 1 aromatic carbocycles. The molecule has 0 saturated carbocycles. The molecule has 2 saturated heterocycles. The maximum absolute atomic E-state index is 12.6. The van der Waals surface area contributed by atoms with E-state index in [2.05, 4.69) is 47.4 Å². The minimum atomic E-state index is 0. The van der Waals surface area contributed by atoms with Gasteiger partial charge in [-0.3, -0.25) is 9.69 Å². The van der Waals surface area contributed by atoms with Crippen LogP contribution in [0, 0.1) is 18.8 Å². The lowest BCUT2D eigenvalue weighted by molar-refractivity contribution is -0.130. The van der Waals surface area contributed by atoms with Crippen LogP contribution in [0.1, 0.15) is 23.1 Å². The Balaban J connectivity index is 0.00000182. The van der Waals surface area contributed by atoms with Crippen molar-refractivity contribution in [1.82, 2.24) is 15.0 Å². The van der Waals surface area contributed by atoms with Gasteiger partial charge in [-0.2, -0.15) is 0 Å². The predicted molar refractivity (Wildman–Crippen MR) is 97.6 cm³/mol. The van der Waals surface area contributed by atoms with Gasteiger partial charge in [0.05, 0.1) is 12.1 Å². The van der Waals surface area contributed by atoms with E-state index in [0.717, 1.165) is 25.3 Å². The molecule has 134 valence electrons. The topological polar surface area (TPSA) is 49.6 Å². The lowest BCUT2D eigenvalue weighted by atomic mass is 9.90. The summed E-state index contributed by atoms with van der Waals surface area (Å²) < 4.78 is 5.19. The first-order chi connectivity index (χ1) is 11.6. The molecule has 1 aromatic heterocycles. The zero-order valence-electron chi connectivity index (χ0n) is 14.6. The quantitative estimate of drug-likeness (QED) is 0.843. The number of halogens is 1. The Kier molecular flexibility index (Phi) is 5.16. The van der Waals surface area contributed by atoms with Crippen LogP contribution in [0.5, 0.6) is 0 Å². The van der Waals surface area contributed by atoms with Crippen molar-refractivity contribution >= 4 is 18.3 Å². The summed E-state index contributed by atoms with van der Waals surface area (Å²) in [6, 6.07) is 12.9. The van der Waals surface area contributed by atoms with Crippen LogP contribution in [0.3, 0.4) is 0 Å². The van der Waals surface area contributed by atoms with Crippen LogP contribution in [0.15, 0.2) is 40.9 Å². The fraction of sp³-hybridized carbons (Fsp3) is 0.474. The van der Waals surface area contributed by atoms with Gasteiger partial charge >= 0.3 is 0 Å². The summed E-state index contributed by atoms with van der Waals surface area (Å²) in [5.74, 6) is 1.87. The van der Waals surface area contributed by atoms with Crippen LogP contribution >= 0.6 is 12.4 Å². The maximum atomic E-state index is 12.6. The molecule has 0 spiro atoms. The first kappa shape index (κ1) is 18.0. The average Bonchev–Trinajstić information content (AvgIpc) is 3.22. The molecular formula is C19H24ClN3O2. The van der Waals surface area contributed by atoms with Crippen molar-refractivity contribution in [3.8, 4) is 0 Å². The number of hydrogen-bond acceptors (Lipinski definition) is 4. The van der Waals surface area contributed by atoms with Gasteiger partial charge in [-0.15, -0.1) is 12.4 Å². The summed E-state index contributed by atoms with van der Waals surface area (Å²) in [6.45, 7) is 4.61. The molecule has 6 heteroatoms. The number of aromatic nitrogens is 1. The van der Waals surface area contributed by atoms with Gasteiger partial charge in [0.15, 0.2) is 0 Å². The van der Waals surface area contributed by atoms with Crippen molar-refractivity contribution in [2.45, 2.75) is 19.4 Å². The molecule has 0 radical (unpaired) electrons. The van der Waals surface area contributed by atoms with E-state index in [1.54, 1.807) is 0 Å². The third-order valence-corrected chi connectivity index (χ3v) is 5.39. The number of rotatable bonds is 3. The minimum Gasteiger partial charge on any atom is -0.361 e. The van der Waals surface area contributed by atoms with Crippen LogP contribution in [-0.2, 0) is 11.2 Å². The SMILES string of the molecule is Cc1cc(CC(=O)N2C[C@@H]3CN(C)[C@@H](c4ccccc4)[C@@H]3C2)on1.Cl. The van der Waals surface area contributed by atoms with E-state index in [-0.39, 0.29) is 18.3 Å². The monoisotopic (exact) mass is 361 g/mol. The van der Waals surface area contributed by atoms with Crippen molar-refractivity contribution in [2.24, 2.45) is 11.8 Å². The molecule has 5 nitrogen and oxygen atoms in total. The first-order valence-corrected chi connectivity index (χ1v) is 8.57. The third-order valence-electron chi connectivity index (χ3n) is 5.39. The Morgan fingerprint density at radius 2 is 2.00 bits per heavy atom. The van der Waals surface area contributed by atoms with E-state index in [0.29, 0.717) is 30.1 Å². The highest BCUT2D eigenvalue weighted by molar-refractivity contribution is 5.85. The average molecular weight is 362 g/mol. The van der Waals surface area contributed by atoms with Crippen molar-refractivity contribution in [1.29, 1.82) is 0 Å². The normalized spacial score (nSPS) is 25.7. The Hall–Kier alpha value is -1.85. The smallest absolute Gasteiger partial charge is 0.230 e. The van der Waals surface area contributed by atoms with Gasteiger partial charge in [0, 0.05) is 37.7 Å². The predicted octanol–water partition coefficient (Wildman–Crippen LogP) is 2.71. The fourth-order valence-electron chi connectivity index (χ4n) is 4.37. The molecule has 0 unspecified atom stereocenters. The Labute approximate surface area is 154 Å². The third kappa shape index (κ3) is 3.44. The largest absolute Gasteiger partial charge is 0.361 e. The second kappa shape index (κ2) is 7.18. The minimum absolute atomic E-state index is 0. The first-order valence-electron chi connectivity index (χ1n) is 8.57. The Bertz CT molecular complexity index is 733. The number of carbonyl (C=O) groups excluding carboxylic acids is 1. The van der Waals surface area contributed by atoms with E-state index in [1.165, 1.54) is 5.56 Å². The van der Waals surface area contributed by atoms with Crippen molar-refractivity contribution in [3.05, 3.63) is 53.4 Å². The number of likely N-dealkylation sites (tertiary alicyclic amines) is 2. The zero-order valence-corrected chi connectivity index (χ0v) is 15.4. The van der Waals surface area contributed by atoms with Gasteiger partial charge in [-0.1, -0.05) is 35.5 Å². The van der Waals surface area contributed by atoms with Gasteiger partial charge in [0.2, 0.25) is 5.91 Å². The number of hydrogen-bond donors (Lipinski definition) is 0. The van der Waals surface area contributed by atoms with Crippen molar-refractivity contribution in [2.75, 3.05) is 26.7 Å². The van der Waals surface area contributed by atoms with E-state index in [4.69, 9.17) is 4.52 Å². The standard InChI is InChI=1S/C19H23N3O2.ClH/c1-13-8-16(24-20-13)9-18(23)22-11-15-10-21(2)19(17(15)12-22)14-6-4-3-5-7-14;/h3-8,15,17,19H,9-12H2,1-2H3;1H/t15-,17+,19-;/m0./s1. The van der Waals surface area contributed by atoms with Crippen LogP contribution in [0.2, 0.25) is 0 Å². The summed E-state index contributed by atoms with van der Waals surface area (Å²) >= 11 is 0. The number of amides is 1. The van der Waals surface area contributed by atoms with Gasteiger partial charge < -0.3 is 9.42 Å². The number of nitrogens with zero attached hydrogens (tertiary/aromatic N) is 3. The molecule has 1 amide bonds. The van der Waals surface area contributed by atoms with E-state index in [9.17, 15) is 4.79 Å². The second-order valence-electron chi connectivity index (χ2n) is 7.13. The van der Waals surface area contributed by atoms with E-state index < -0.39 is 0 Å². The van der Waals surface area contributed by atoms with Crippen LogP contribution in [0.4, 0.5) is 0 Å². The molecule has 2 aliphatic rings.